The predicted octanol–water partition coefficient (Wildman–Crippen LogP) is 3.16. The van der Waals surface area contributed by atoms with E-state index in [1.54, 1.807) is 0 Å². The van der Waals surface area contributed by atoms with E-state index in [1.165, 1.54) is 16.0 Å². The average Bonchev–Trinajstić information content (AvgIpc) is 3.34. The molecule has 7 nitrogen and oxygen atoms in total. The van der Waals surface area contributed by atoms with E-state index in [9.17, 15) is 14.4 Å². The maximum Gasteiger partial charge on any atom is 0.255 e. The van der Waals surface area contributed by atoms with Gasteiger partial charge in [0.25, 0.3) is 5.91 Å². The van der Waals surface area contributed by atoms with Gasteiger partial charge in [-0.25, -0.2) is 0 Å². The summed E-state index contributed by atoms with van der Waals surface area (Å²) in [5, 5.41) is 0. The van der Waals surface area contributed by atoms with Crippen molar-refractivity contribution in [3.63, 3.8) is 0 Å². The molecular weight excluding hydrogens is 498 g/mol. The number of amides is 2. The van der Waals surface area contributed by atoms with Gasteiger partial charge in [0.2, 0.25) is 5.91 Å². The van der Waals surface area contributed by atoms with Crippen molar-refractivity contribution in [2.75, 3.05) is 19.7 Å². The van der Waals surface area contributed by atoms with Gasteiger partial charge in [-0.3, -0.25) is 14.5 Å². The summed E-state index contributed by atoms with van der Waals surface area (Å²) in [4.78, 5) is 39.9. The number of nitrogens with zero attached hydrogens (tertiary/aromatic N) is 2. The summed E-state index contributed by atoms with van der Waals surface area (Å²) in [6.07, 6.45) is 3.15. The number of nitrogens with two attached hydrogens (primary N) is 1. The molecule has 34 heavy (non-hydrogen) atoms. The zero-order valence-corrected chi connectivity index (χ0v) is 20.6. The zero-order valence-electron chi connectivity index (χ0n) is 19.0. The molecule has 178 valence electrons. The molecule has 5 rings (SSSR count). The maximum atomic E-state index is 13.1. The fraction of sp³-hybridized carbons (Fsp3) is 0.423. The highest BCUT2D eigenvalue weighted by molar-refractivity contribution is 9.10. The number of carbonyl (C=O) groups is 3. The van der Waals surface area contributed by atoms with Gasteiger partial charge >= 0.3 is 0 Å². The van der Waals surface area contributed by atoms with Gasteiger partial charge in [0, 0.05) is 39.5 Å². The molecule has 8 heteroatoms. The standard InChI is InChI=1S/C26H28BrN3O4/c27-18-4-1-3-17(13-18)14-29-10-8-26(9-11-29)16-34-23-20-15-30(22(24(28)32)5-2-12-31)25(33)19(20)6-7-21(23)26/h1,3-4,6-7,12-13,22H,2,5,8-11,14-16H2,(H2,28,32). The van der Waals surface area contributed by atoms with E-state index >= 15 is 0 Å². The van der Waals surface area contributed by atoms with Gasteiger partial charge in [0.05, 0.1) is 13.2 Å². The summed E-state index contributed by atoms with van der Waals surface area (Å²) < 4.78 is 7.34. The molecule has 0 aliphatic carbocycles. The summed E-state index contributed by atoms with van der Waals surface area (Å²) in [5.74, 6) is -0.0110. The van der Waals surface area contributed by atoms with Crippen molar-refractivity contribution in [3.05, 3.63) is 63.1 Å². The highest BCUT2D eigenvalue weighted by Gasteiger charge is 2.46. The van der Waals surface area contributed by atoms with Crippen molar-refractivity contribution in [2.24, 2.45) is 5.73 Å². The number of benzene rings is 2. The molecule has 2 aromatic rings. The number of likely N-dealkylation sites (tertiary alicyclic amines) is 1. The van der Waals surface area contributed by atoms with Gasteiger partial charge < -0.3 is 20.2 Å². The SMILES string of the molecule is NC(=O)C(CCC=O)N1Cc2c(ccc3c2OCC32CCN(Cc3cccc(Br)c3)CC2)C1=O. The van der Waals surface area contributed by atoms with Crippen molar-refractivity contribution in [2.45, 2.75) is 50.2 Å². The van der Waals surface area contributed by atoms with Gasteiger partial charge in [0.15, 0.2) is 0 Å². The number of ether oxygens (including phenoxy) is 1. The fourth-order valence-electron chi connectivity index (χ4n) is 5.63. The van der Waals surface area contributed by atoms with Crippen molar-refractivity contribution >= 4 is 34.0 Å². The third-order valence-electron chi connectivity index (χ3n) is 7.52. The second kappa shape index (κ2) is 9.15. The molecule has 1 fully saturated rings. The Balaban J connectivity index is 1.33. The highest BCUT2D eigenvalue weighted by atomic mass is 79.9. The van der Waals surface area contributed by atoms with E-state index in [1.807, 2.05) is 18.2 Å². The van der Waals surface area contributed by atoms with Crippen LogP contribution < -0.4 is 10.5 Å². The van der Waals surface area contributed by atoms with Crippen LogP contribution in [0.5, 0.6) is 5.75 Å². The van der Waals surface area contributed by atoms with E-state index in [0.29, 0.717) is 12.2 Å². The lowest BCUT2D eigenvalue weighted by atomic mass is 9.74. The predicted molar refractivity (Wildman–Crippen MR) is 130 cm³/mol. The van der Waals surface area contributed by atoms with Crippen LogP contribution in [0.4, 0.5) is 0 Å². The van der Waals surface area contributed by atoms with Crippen LogP contribution in [-0.4, -0.2) is 53.6 Å². The normalized spacial score (nSPS) is 19.6. The second-order valence-electron chi connectivity index (χ2n) is 9.54. The molecule has 3 aliphatic rings. The molecule has 1 unspecified atom stereocenters. The Labute approximate surface area is 207 Å². The minimum Gasteiger partial charge on any atom is -0.492 e. The molecule has 3 aliphatic heterocycles. The van der Waals surface area contributed by atoms with Crippen molar-refractivity contribution in [3.8, 4) is 5.75 Å². The quantitative estimate of drug-likeness (QED) is 0.560. The third-order valence-corrected chi connectivity index (χ3v) is 8.01. The number of halogens is 1. The van der Waals surface area contributed by atoms with Crippen LogP contribution in [0, 0.1) is 0 Å². The average molecular weight is 526 g/mol. The first-order valence-corrected chi connectivity index (χ1v) is 12.5. The fourth-order valence-corrected chi connectivity index (χ4v) is 6.07. The molecule has 2 amide bonds. The molecule has 2 aromatic carbocycles. The van der Waals surface area contributed by atoms with Crippen LogP contribution in [0.3, 0.4) is 0 Å². The third kappa shape index (κ3) is 4.03. The molecule has 0 bridgehead atoms. The highest BCUT2D eigenvalue weighted by Crippen LogP contribution is 2.49. The summed E-state index contributed by atoms with van der Waals surface area (Å²) >= 11 is 3.55. The van der Waals surface area contributed by atoms with Gasteiger partial charge in [0.1, 0.15) is 18.1 Å². The second-order valence-corrected chi connectivity index (χ2v) is 10.5. The lowest BCUT2D eigenvalue weighted by Crippen LogP contribution is -2.44. The Kier molecular flexibility index (Phi) is 6.20. The smallest absolute Gasteiger partial charge is 0.255 e. The lowest BCUT2D eigenvalue weighted by Gasteiger charge is -2.38. The number of hydrogen-bond donors (Lipinski definition) is 1. The Morgan fingerprint density at radius 3 is 2.74 bits per heavy atom. The molecule has 2 N–H and O–H groups in total. The summed E-state index contributed by atoms with van der Waals surface area (Å²) in [7, 11) is 0. The number of carbonyl (C=O) groups excluding carboxylic acids is 3. The number of aldehydes is 1. The van der Waals surface area contributed by atoms with E-state index in [2.05, 4.69) is 39.0 Å². The van der Waals surface area contributed by atoms with Crippen LogP contribution in [-0.2, 0) is 28.1 Å². The summed E-state index contributed by atoms with van der Waals surface area (Å²) in [5.41, 5.74) is 9.40. The van der Waals surface area contributed by atoms with E-state index < -0.39 is 11.9 Å². The van der Waals surface area contributed by atoms with Crippen molar-refractivity contribution in [1.82, 2.24) is 9.80 Å². The summed E-state index contributed by atoms with van der Waals surface area (Å²) in [6.45, 7) is 3.78. The molecule has 1 saturated heterocycles. The zero-order chi connectivity index (χ0) is 23.9. The molecule has 1 spiro atoms. The first-order valence-electron chi connectivity index (χ1n) is 11.7. The molecular formula is C26H28BrN3O4. The van der Waals surface area contributed by atoms with E-state index in [4.69, 9.17) is 10.5 Å². The van der Waals surface area contributed by atoms with E-state index in [0.717, 1.165) is 54.5 Å². The van der Waals surface area contributed by atoms with Gasteiger partial charge in [-0.05, 0) is 56.1 Å². The van der Waals surface area contributed by atoms with Gasteiger partial charge in [-0.2, -0.15) is 0 Å². The molecule has 0 aromatic heterocycles. The van der Waals surface area contributed by atoms with Gasteiger partial charge in [-0.15, -0.1) is 0 Å². The Morgan fingerprint density at radius 1 is 1.24 bits per heavy atom. The van der Waals surface area contributed by atoms with Gasteiger partial charge in [-0.1, -0.05) is 34.1 Å². The Hall–Kier alpha value is -2.71. The number of rotatable bonds is 7. The van der Waals surface area contributed by atoms with Crippen LogP contribution in [0.25, 0.3) is 0 Å². The molecule has 0 saturated carbocycles. The van der Waals surface area contributed by atoms with E-state index in [-0.39, 0.29) is 30.7 Å². The molecule has 0 radical (unpaired) electrons. The maximum absolute atomic E-state index is 13.1. The molecule has 1 atom stereocenters. The first kappa shape index (κ1) is 23.1. The van der Waals surface area contributed by atoms with Crippen molar-refractivity contribution in [1.29, 1.82) is 0 Å². The number of hydrogen-bond acceptors (Lipinski definition) is 5. The van der Waals surface area contributed by atoms with Crippen LogP contribution >= 0.6 is 15.9 Å². The number of primary amides is 1. The Morgan fingerprint density at radius 2 is 2.03 bits per heavy atom. The van der Waals surface area contributed by atoms with Crippen LogP contribution in [0.2, 0.25) is 0 Å². The van der Waals surface area contributed by atoms with Crippen molar-refractivity contribution < 1.29 is 19.1 Å². The minimum absolute atomic E-state index is 0.0464. The number of fused-ring (bicyclic) bond motifs is 4. The number of piperidine rings is 1. The Bertz CT molecular complexity index is 1140. The minimum atomic E-state index is -0.794. The molecule has 3 heterocycles. The first-order chi connectivity index (χ1) is 16.4. The summed E-state index contributed by atoms with van der Waals surface area (Å²) in [6, 6.07) is 11.6. The lowest BCUT2D eigenvalue weighted by molar-refractivity contribution is -0.122. The van der Waals surface area contributed by atoms with Crippen LogP contribution in [0.1, 0.15) is 52.7 Å². The monoisotopic (exact) mass is 525 g/mol. The topological polar surface area (TPSA) is 92.9 Å². The van der Waals surface area contributed by atoms with Crippen LogP contribution in [0.15, 0.2) is 40.9 Å². The largest absolute Gasteiger partial charge is 0.492 e.